The molecule has 1 aromatic heterocycles. The first-order valence-corrected chi connectivity index (χ1v) is 7.03. The molecule has 4 nitrogen and oxygen atoms in total. The van der Waals surface area contributed by atoms with E-state index >= 15 is 0 Å². The summed E-state index contributed by atoms with van der Waals surface area (Å²) in [6, 6.07) is 0.0364. The normalized spacial score (nSPS) is 13.8. The molecular formula is C12H19BrF3N3O. The molecule has 1 rings (SSSR count). The van der Waals surface area contributed by atoms with Crippen molar-refractivity contribution in [3.63, 3.8) is 0 Å². The summed E-state index contributed by atoms with van der Waals surface area (Å²) < 4.78 is 43.2. The Bertz CT molecular complexity index is 434. The molecule has 1 heterocycles. The van der Waals surface area contributed by atoms with Crippen LogP contribution in [0.5, 0.6) is 0 Å². The van der Waals surface area contributed by atoms with Gasteiger partial charge in [0.2, 0.25) is 0 Å². The molecule has 1 atom stereocenters. The third-order valence-electron chi connectivity index (χ3n) is 2.99. The topological polar surface area (TPSA) is 39.1 Å². The first-order valence-electron chi connectivity index (χ1n) is 6.24. The van der Waals surface area contributed by atoms with Gasteiger partial charge in [-0.1, -0.05) is 0 Å². The molecule has 0 saturated carbocycles. The van der Waals surface area contributed by atoms with E-state index in [9.17, 15) is 13.2 Å². The third-order valence-corrected chi connectivity index (χ3v) is 4.02. The fraction of sp³-hybridized carbons (Fsp3) is 0.750. The molecule has 0 fully saturated rings. The van der Waals surface area contributed by atoms with E-state index in [4.69, 9.17) is 0 Å². The minimum Gasteiger partial charge on any atom is -0.372 e. The van der Waals surface area contributed by atoms with Gasteiger partial charge in [-0.3, -0.25) is 4.68 Å². The van der Waals surface area contributed by atoms with Crippen LogP contribution in [0.15, 0.2) is 4.47 Å². The monoisotopic (exact) mass is 357 g/mol. The van der Waals surface area contributed by atoms with E-state index in [1.54, 1.807) is 11.7 Å². The Balaban J connectivity index is 2.47. The van der Waals surface area contributed by atoms with E-state index in [1.807, 2.05) is 14.0 Å². The summed E-state index contributed by atoms with van der Waals surface area (Å²) in [7, 11) is 3.63. The van der Waals surface area contributed by atoms with Crippen LogP contribution in [-0.4, -0.2) is 42.3 Å². The predicted molar refractivity (Wildman–Crippen MR) is 73.7 cm³/mol. The molecule has 20 heavy (non-hydrogen) atoms. The van der Waals surface area contributed by atoms with Gasteiger partial charge in [0.05, 0.1) is 15.9 Å². The lowest BCUT2D eigenvalue weighted by molar-refractivity contribution is -0.174. The molecule has 0 saturated heterocycles. The predicted octanol–water partition coefficient (Wildman–Crippen LogP) is 2.59. The van der Waals surface area contributed by atoms with E-state index in [1.165, 1.54) is 0 Å². The number of hydrogen-bond acceptors (Lipinski definition) is 3. The van der Waals surface area contributed by atoms with Crippen molar-refractivity contribution in [2.75, 3.05) is 20.3 Å². The Hall–Kier alpha value is -0.600. The summed E-state index contributed by atoms with van der Waals surface area (Å²) in [5, 5.41) is 7.38. The van der Waals surface area contributed by atoms with Crippen LogP contribution in [0.3, 0.4) is 0 Å². The van der Waals surface area contributed by atoms with Crippen molar-refractivity contribution in [2.24, 2.45) is 7.05 Å². The summed E-state index contributed by atoms with van der Waals surface area (Å²) in [6.07, 6.45) is -3.09. The van der Waals surface area contributed by atoms with Gasteiger partial charge in [0, 0.05) is 26.1 Å². The number of aryl methyl sites for hydroxylation is 2. The summed E-state index contributed by atoms with van der Waals surface area (Å²) in [4.78, 5) is 0. The maximum atomic E-state index is 12.0. The number of rotatable bonds is 7. The largest absolute Gasteiger partial charge is 0.411 e. The van der Waals surface area contributed by atoms with E-state index in [2.05, 4.69) is 31.1 Å². The second-order valence-electron chi connectivity index (χ2n) is 4.62. The highest BCUT2D eigenvalue weighted by Gasteiger charge is 2.27. The smallest absolute Gasteiger partial charge is 0.372 e. The summed E-state index contributed by atoms with van der Waals surface area (Å²) >= 11 is 3.48. The lowest BCUT2D eigenvalue weighted by atomic mass is 10.1. The highest BCUT2D eigenvalue weighted by molar-refractivity contribution is 9.10. The van der Waals surface area contributed by atoms with E-state index in [0.717, 1.165) is 15.9 Å². The zero-order chi connectivity index (χ0) is 15.3. The van der Waals surface area contributed by atoms with Gasteiger partial charge in [-0.2, -0.15) is 18.3 Å². The lowest BCUT2D eigenvalue weighted by Gasteiger charge is -2.17. The van der Waals surface area contributed by atoms with Gasteiger partial charge in [0.1, 0.15) is 6.61 Å². The molecule has 0 aliphatic rings. The highest BCUT2D eigenvalue weighted by atomic mass is 79.9. The zero-order valence-corrected chi connectivity index (χ0v) is 13.3. The van der Waals surface area contributed by atoms with Crippen molar-refractivity contribution < 1.29 is 17.9 Å². The van der Waals surface area contributed by atoms with Gasteiger partial charge in [-0.15, -0.1) is 0 Å². The van der Waals surface area contributed by atoms with Gasteiger partial charge in [0.15, 0.2) is 0 Å². The number of halogens is 4. The number of likely N-dealkylation sites (N-methyl/N-ethyl adjacent to an activating group) is 1. The Morgan fingerprint density at radius 1 is 1.45 bits per heavy atom. The minimum atomic E-state index is -4.27. The van der Waals surface area contributed by atoms with Crippen molar-refractivity contribution >= 4 is 15.9 Å². The van der Waals surface area contributed by atoms with Crippen LogP contribution in [0.2, 0.25) is 0 Å². The first-order chi connectivity index (χ1) is 9.24. The fourth-order valence-corrected chi connectivity index (χ4v) is 2.39. The Morgan fingerprint density at radius 2 is 2.10 bits per heavy atom. The molecule has 0 bridgehead atoms. The number of alkyl halides is 3. The Kier molecular flexibility index (Phi) is 6.47. The molecule has 0 amide bonds. The van der Waals surface area contributed by atoms with Gasteiger partial charge in [-0.05, 0) is 36.3 Å². The van der Waals surface area contributed by atoms with Crippen LogP contribution in [0.25, 0.3) is 0 Å². The third kappa shape index (κ3) is 5.41. The molecule has 0 aromatic carbocycles. The SMILES string of the molecule is CNC(CCOCC(F)(F)F)Cc1c(Br)c(C)nn1C. The molecule has 0 radical (unpaired) electrons. The number of nitrogens with one attached hydrogen (secondary N) is 1. The van der Waals surface area contributed by atoms with Crippen molar-refractivity contribution in [2.45, 2.75) is 32.0 Å². The van der Waals surface area contributed by atoms with E-state index in [-0.39, 0.29) is 12.6 Å². The molecule has 8 heteroatoms. The first kappa shape index (κ1) is 17.5. The van der Waals surface area contributed by atoms with Crippen molar-refractivity contribution in [1.29, 1.82) is 0 Å². The standard InChI is InChI=1S/C12H19BrF3N3O/c1-8-11(13)10(19(3)18-8)6-9(17-2)4-5-20-7-12(14,15)16/h9,17H,4-7H2,1-3H3. The Morgan fingerprint density at radius 3 is 2.55 bits per heavy atom. The van der Waals surface area contributed by atoms with Gasteiger partial charge < -0.3 is 10.1 Å². The number of aromatic nitrogens is 2. The highest BCUT2D eigenvalue weighted by Crippen LogP contribution is 2.22. The van der Waals surface area contributed by atoms with Crippen LogP contribution in [0.4, 0.5) is 13.2 Å². The van der Waals surface area contributed by atoms with Crippen LogP contribution < -0.4 is 5.32 Å². The summed E-state index contributed by atoms with van der Waals surface area (Å²) in [5.41, 5.74) is 1.91. The number of ether oxygens (including phenoxy) is 1. The molecule has 0 aliphatic carbocycles. The summed E-state index contributed by atoms with van der Waals surface area (Å²) in [6.45, 7) is 0.770. The maximum absolute atomic E-state index is 12.0. The van der Waals surface area contributed by atoms with Gasteiger partial charge in [0.25, 0.3) is 0 Å². The minimum absolute atomic E-state index is 0.0364. The van der Waals surface area contributed by atoms with E-state index < -0.39 is 12.8 Å². The molecule has 1 unspecified atom stereocenters. The Labute approximate surface area is 124 Å². The second-order valence-corrected chi connectivity index (χ2v) is 5.41. The van der Waals surface area contributed by atoms with Crippen LogP contribution in [0, 0.1) is 6.92 Å². The maximum Gasteiger partial charge on any atom is 0.411 e. The van der Waals surface area contributed by atoms with Crippen molar-refractivity contribution in [3.05, 3.63) is 15.9 Å². The lowest BCUT2D eigenvalue weighted by Crippen LogP contribution is -2.30. The quantitative estimate of drug-likeness (QED) is 0.762. The average Bonchev–Trinajstić information content (AvgIpc) is 2.57. The number of nitrogens with zero attached hydrogens (tertiary/aromatic N) is 2. The van der Waals surface area contributed by atoms with Crippen LogP contribution >= 0.6 is 15.9 Å². The number of hydrogen-bond donors (Lipinski definition) is 1. The zero-order valence-electron chi connectivity index (χ0n) is 11.7. The van der Waals surface area contributed by atoms with Crippen LogP contribution in [-0.2, 0) is 18.2 Å². The molecule has 0 spiro atoms. The fourth-order valence-electron chi connectivity index (χ4n) is 1.90. The molecule has 1 N–H and O–H groups in total. The molecule has 116 valence electrons. The van der Waals surface area contributed by atoms with E-state index in [0.29, 0.717) is 12.8 Å². The molecule has 1 aromatic rings. The molecular weight excluding hydrogens is 339 g/mol. The summed E-state index contributed by atoms with van der Waals surface area (Å²) in [5.74, 6) is 0. The van der Waals surface area contributed by atoms with Gasteiger partial charge in [-0.25, -0.2) is 0 Å². The van der Waals surface area contributed by atoms with Crippen molar-refractivity contribution in [3.8, 4) is 0 Å². The average molecular weight is 358 g/mol. The van der Waals surface area contributed by atoms with Crippen LogP contribution in [0.1, 0.15) is 17.8 Å². The molecule has 0 aliphatic heterocycles. The van der Waals surface area contributed by atoms with Gasteiger partial charge >= 0.3 is 6.18 Å². The van der Waals surface area contributed by atoms with Crippen molar-refractivity contribution in [1.82, 2.24) is 15.1 Å². The second kappa shape index (κ2) is 7.42.